The molecule has 16 heteroatoms. The molecule has 9 nitrogen and oxygen atoms in total. The number of nitrogens with zero attached hydrogens (tertiary/aromatic N) is 6. The van der Waals surface area contributed by atoms with Gasteiger partial charge in [-0.15, -0.1) is 0 Å². The molecule has 1 N–H and O–H groups in total. The number of rotatable bonds is 12. The fraction of sp³-hybridized carbons (Fsp3) is 0.652. The molecule has 0 saturated carbocycles. The van der Waals surface area contributed by atoms with Crippen molar-refractivity contribution in [1.29, 1.82) is 10.5 Å². The third-order valence-electron chi connectivity index (χ3n) is 4.61. The van der Waals surface area contributed by atoms with Crippen molar-refractivity contribution in [3.8, 4) is 12.1 Å². The Morgan fingerprint density at radius 1 is 0.821 bits per heavy atom. The minimum Gasteiger partial charge on any atom is -0.390 e. The van der Waals surface area contributed by atoms with Crippen molar-refractivity contribution in [2.24, 2.45) is 0 Å². The zero-order chi connectivity index (χ0) is 30.3. The minimum absolute atomic E-state index is 0.156. The van der Waals surface area contributed by atoms with E-state index in [9.17, 15) is 0 Å². The monoisotopic (exact) mass is 896 g/mol. The van der Waals surface area contributed by atoms with Crippen LogP contribution in [0, 0.1) is 22.7 Å². The van der Waals surface area contributed by atoms with Crippen LogP contribution >= 0.6 is 79.6 Å². The van der Waals surface area contributed by atoms with Gasteiger partial charge in [-0.05, 0) is 87.9 Å². The zero-order valence-corrected chi connectivity index (χ0v) is 33.1. The summed E-state index contributed by atoms with van der Waals surface area (Å²) in [6, 6.07) is 9.70. The van der Waals surface area contributed by atoms with Gasteiger partial charge in [0.2, 0.25) is 0 Å². The second-order valence-corrected chi connectivity index (χ2v) is 33.6. The van der Waals surface area contributed by atoms with Gasteiger partial charge in [-0.3, -0.25) is 0 Å². The first-order valence-electron chi connectivity index (χ1n) is 11.9. The normalized spacial score (nSPS) is 11.5. The number of aliphatic hydroxyl groups excluding tert-OH is 1. The molecule has 0 atom stereocenters. The first kappa shape index (κ1) is 39.1. The molecule has 0 aromatic carbocycles. The summed E-state index contributed by atoms with van der Waals surface area (Å²) < 4.78 is 13.9. The lowest BCUT2D eigenvalue weighted by Crippen LogP contribution is -2.22. The Balaban J connectivity index is 0.000000632. The van der Waals surface area contributed by atoms with Crippen LogP contribution in [0.3, 0.4) is 0 Å². The Bertz CT molecular complexity index is 983. The number of hydrogen-bond donors (Lipinski definition) is 1. The molecule has 0 amide bonds. The van der Waals surface area contributed by atoms with Gasteiger partial charge in [-0.1, -0.05) is 55.2 Å². The van der Waals surface area contributed by atoms with E-state index >= 15 is 0 Å². The van der Waals surface area contributed by atoms with Crippen LogP contribution in [-0.2, 0) is 34.9 Å². The number of aromatic nitrogens is 4. The molecule has 2 aromatic heterocycles. The lowest BCUT2D eigenvalue weighted by molar-refractivity contribution is 0.0772. The van der Waals surface area contributed by atoms with Crippen molar-refractivity contribution < 1.29 is 14.6 Å². The van der Waals surface area contributed by atoms with Crippen LogP contribution in [0.15, 0.2) is 12.1 Å². The maximum Gasteiger partial charge on any atom is 0.189 e. The molecular weight excluding hydrogens is 864 g/mol. The van der Waals surface area contributed by atoms with Gasteiger partial charge in [0.25, 0.3) is 0 Å². The zero-order valence-electron chi connectivity index (χ0n) is 23.1. The van der Waals surface area contributed by atoms with Gasteiger partial charge in [-0.25, -0.2) is 9.36 Å². The van der Waals surface area contributed by atoms with Crippen LogP contribution in [0.25, 0.3) is 0 Å². The predicted octanol–water partition coefficient (Wildman–Crippen LogP) is 7.70. The maximum absolute atomic E-state index is 8.94. The summed E-state index contributed by atoms with van der Waals surface area (Å²) in [7, 11) is -2.12. The first-order valence-corrected chi connectivity index (χ1v) is 23.6. The topological polar surface area (TPSA) is 122 Å². The smallest absolute Gasteiger partial charge is 0.189 e. The Labute approximate surface area is 276 Å². The number of aliphatic hydroxyl groups is 1. The summed E-state index contributed by atoms with van der Waals surface area (Å²) >= 11 is 15.8. The molecule has 0 saturated heterocycles. The number of ether oxygens (including phenoxy) is 2. The summed E-state index contributed by atoms with van der Waals surface area (Å²) in [5.74, 6) is 0. The van der Waals surface area contributed by atoms with E-state index in [1.807, 2.05) is 6.07 Å². The van der Waals surface area contributed by atoms with Gasteiger partial charge in [0, 0.05) is 34.7 Å². The average Bonchev–Trinajstić information content (AvgIpc) is 3.40. The van der Waals surface area contributed by atoms with Crippen molar-refractivity contribution in [1.82, 2.24) is 19.6 Å². The molecule has 0 unspecified atom stereocenters. The van der Waals surface area contributed by atoms with Gasteiger partial charge >= 0.3 is 0 Å². The van der Waals surface area contributed by atoms with Gasteiger partial charge < -0.3 is 14.6 Å². The van der Waals surface area contributed by atoms with E-state index < -0.39 is 16.1 Å². The number of alkyl halides is 5. The molecule has 0 fully saturated rings. The van der Waals surface area contributed by atoms with Crippen LogP contribution in [0.1, 0.15) is 22.8 Å². The Hall–Kier alpha value is 0.114. The summed E-state index contributed by atoms with van der Waals surface area (Å²) in [6.07, 6.45) is 0. The van der Waals surface area contributed by atoms with Crippen molar-refractivity contribution in [2.45, 2.75) is 77.8 Å². The third kappa shape index (κ3) is 21.5. The number of halogens is 5. The molecule has 0 bridgehead atoms. The third-order valence-corrected chi connectivity index (χ3v) is 8.59. The largest absolute Gasteiger partial charge is 0.390 e. The highest BCUT2D eigenvalue weighted by atomic mass is 80.0. The molecule has 2 aromatic rings. The quantitative estimate of drug-likeness (QED) is 0.132. The lowest BCUT2D eigenvalue weighted by Gasteiger charge is -2.15. The first-order chi connectivity index (χ1) is 17.9. The van der Waals surface area contributed by atoms with Crippen molar-refractivity contribution in [3.63, 3.8) is 0 Å². The molecule has 0 aliphatic carbocycles. The van der Waals surface area contributed by atoms with Crippen molar-refractivity contribution in [3.05, 3.63) is 34.9 Å². The van der Waals surface area contributed by atoms with Crippen molar-refractivity contribution in [2.75, 3.05) is 13.2 Å². The fourth-order valence-electron chi connectivity index (χ4n) is 2.52. The summed E-state index contributed by atoms with van der Waals surface area (Å²) in [5, 5.41) is 35.7. The molecule has 39 heavy (non-hydrogen) atoms. The summed E-state index contributed by atoms with van der Waals surface area (Å²) in [4.78, 5) is 0. The van der Waals surface area contributed by atoms with Gasteiger partial charge in [0.1, 0.15) is 37.0 Å². The highest BCUT2D eigenvalue weighted by Gasteiger charge is 2.14. The van der Waals surface area contributed by atoms with E-state index in [4.69, 9.17) is 25.1 Å². The standard InChI is InChI=1S/C11H18BrN3OSi.C11H19N3O2Si.CBr4/c1-17(2,3)5-4-16-9-15-11(8-13)6-10(7-12)14-15;1-17(2,3)5-4-16-9-14-11(7-12)6-10(8-15)13-14;2-1(3,4)5/h6H,4-5,7,9H2,1-3H3;6,15H,4-5,8-9H2,1-3H3;. The minimum atomic E-state index is -1.08. The number of nitriles is 2. The van der Waals surface area contributed by atoms with Crippen LogP contribution in [0.5, 0.6) is 0 Å². The van der Waals surface area contributed by atoms with E-state index in [0.29, 0.717) is 35.7 Å². The average molecular weight is 901 g/mol. The maximum atomic E-state index is 8.94. The molecule has 0 aliphatic heterocycles. The van der Waals surface area contributed by atoms with Gasteiger partial charge in [0.15, 0.2) is 1.05 Å². The molecule has 2 heterocycles. The van der Waals surface area contributed by atoms with E-state index in [-0.39, 0.29) is 14.4 Å². The Morgan fingerprint density at radius 2 is 1.18 bits per heavy atom. The molecule has 2 rings (SSSR count). The second-order valence-electron chi connectivity index (χ2n) is 10.7. The summed E-state index contributed by atoms with van der Waals surface area (Å²) in [5.41, 5.74) is 2.32. The Kier molecular flexibility index (Phi) is 19.4. The van der Waals surface area contributed by atoms with Gasteiger partial charge in [0.05, 0.1) is 18.0 Å². The van der Waals surface area contributed by atoms with E-state index in [1.165, 1.54) is 4.68 Å². The van der Waals surface area contributed by atoms with E-state index in [2.05, 4.69) is 135 Å². The summed E-state index contributed by atoms with van der Waals surface area (Å²) in [6.45, 7) is 15.7. The van der Waals surface area contributed by atoms with E-state index in [1.54, 1.807) is 16.8 Å². The lowest BCUT2D eigenvalue weighted by atomic mass is 10.4. The van der Waals surface area contributed by atoms with Crippen molar-refractivity contribution >= 4 is 95.8 Å². The van der Waals surface area contributed by atoms with Crippen LogP contribution < -0.4 is 0 Å². The van der Waals surface area contributed by atoms with Crippen LogP contribution in [0.2, 0.25) is 51.4 Å². The SMILES string of the molecule is BrC(Br)(Br)Br.C[Si](C)(C)CCOCn1nc(CBr)cc1C#N.C[Si](C)(C)CCOCn1nc(CO)cc1C#N. The van der Waals surface area contributed by atoms with Gasteiger partial charge in [-0.2, -0.15) is 20.7 Å². The predicted molar refractivity (Wildman–Crippen MR) is 179 cm³/mol. The second kappa shape index (κ2) is 19.3. The van der Waals surface area contributed by atoms with Crippen LogP contribution in [0.4, 0.5) is 0 Å². The molecule has 0 radical (unpaired) electrons. The fourth-order valence-corrected chi connectivity index (χ4v) is 4.31. The van der Waals surface area contributed by atoms with E-state index in [0.717, 1.165) is 24.4 Å². The molecule has 0 aliphatic rings. The number of hydrogen-bond acceptors (Lipinski definition) is 7. The molecule has 0 spiro atoms. The highest BCUT2D eigenvalue weighted by Crippen LogP contribution is 2.39. The Morgan fingerprint density at radius 3 is 1.49 bits per heavy atom. The highest BCUT2D eigenvalue weighted by molar-refractivity contribution is 9.52. The van der Waals surface area contributed by atoms with Crippen LogP contribution in [-0.4, -0.2) is 55.1 Å². The molecular formula is C23H37Br5N6O3Si2. The molecule has 220 valence electrons.